The van der Waals surface area contributed by atoms with E-state index in [4.69, 9.17) is 17.2 Å². The van der Waals surface area contributed by atoms with Crippen molar-refractivity contribution in [2.45, 2.75) is 140 Å². The fraction of sp³-hybridized carbons (Fsp3) is 0.490. The van der Waals surface area contributed by atoms with Gasteiger partial charge in [0, 0.05) is 61.3 Å². The minimum atomic E-state index is -1.40. The molecule has 2 heterocycles. The van der Waals surface area contributed by atoms with Gasteiger partial charge in [0.25, 0.3) is 0 Å². The molecule has 0 spiro atoms. The standard InChI is InChI=1S/C51H75N15O8/c1-5-8-19-37(55-4)45(69)66-42(27-43(67)57-22-9-6-2)50(74)65-41(26-33-29-56-30-60-33)49(73)63-39(24-31-16-11-10-12-17-31)47(71)62-38(21-15-23-58-51(53)54)46(70)64-40(48(72)61-35(7-3)44(52)68)25-32-28-59-36-20-14-13-18-34(32)36/h10-14,16-18,20,28-30,35,37-42,55,59H,5-9,15,19,21-27H2,1-4H3,(H2,52,68)(H,56,60)(H,57,67)(H,61,72)(H,62,71)(H,63,73)(H,64,70)(H,65,74)(H,66,69)(H4,53,54,58). The molecule has 2 aromatic carbocycles. The number of likely N-dealkylation sites (N-methyl/N-ethyl adjacent to an activating group) is 1. The van der Waals surface area contributed by atoms with Crippen molar-refractivity contribution < 1.29 is 38.4 Å². The first-order chi connectivity index (χ1) is 35.6. The normalized spacial score (nSPS) is 13.9. The van der Waals surface area contributed by atoms with Crippen LogP contribution in [0.3, 0.4) is 0 Å². The number of nitrogens with two attached hydrogens (primary N) is 3. The van der Waals surface area contributed by atoms with Gasteiger partial charge in [-0.1, -0.05) is 88.6 Å². The van der Waals surface area contributed by atoms with Gasteiger partial charge >= 0.3 is 0 Å². The minimum Gasteiger partial charge on any atom is -0.370 e. The zero-order valence-electron chi connectivity index (χ0n) is 42.8. The number of unbranched alkanes of at least 4 members (excludes halogenated alkanes) is 2. The van der Waals surface area contributed by atoms with Crippen LogP contribution in [0.25, 0.3) is 10.9 Å². The van der Waals surface area contributed by atoms with Crippen LogP contribution in [-0.2, 0) is 57.6 Å². The number of nitrogens with zero attached hydrogens (tertiary/aromatic N) is 2. The Morgan fingerprint density at radius 3 is 1.77 bits per heavy atom. The quantitative estimate of drug-likeness (QED) is 0.0169. The van der Waals surface area contributed by atoms with Crippen LogP contribution in [0.1, 0.15) is 95.4 Å². The molecule has 0 bridgehead atoms. The van der Waals surface area contributed by atoms with Crippen LogP contribution in [0.15, 0.2) is 78.3 Å². The van der Waals surface area contributed by atoms with Crippen LogP contribution >= 0.6 is 0 Å². The van der Waals surface area contributed by atoms with Crippen molar-refractivity contribution in [1.82, 2.24) is 57.5 Å². The molecule has 0 aliphatic carbocycles. The number of aromatic amines is 2. The van der Waals surface area contributed by atoms with Gasteiger partial charge < -0.3 is 69.7 Å². The number of guanidine groups is 1. The number of amides is 8. The number of fused-ring (bicyclic) bond motifs is 1. The fourth-order valence-corrected chi connectivity index (χ4v) is 8.08. The zero-order chi connectivity index (χ0) is 54.0. The fourth-order valence-electron chi connectivity index (χ4n) is 8.08. The Morgan fingerprint density at radius 1 is 0.608 bits per heavy atom. The number of benzene rings is 2. The first-order valence-corrected chi connectivity index (χ1v) is 25.2. The number of aromatic nitrogens is 3. The molecule has 23 nitrogen and oxygen atoms in total. The molecule has 402 valence electrons. The van der Waals surface area contributed by atoms with Gasteiger partial charge in [0.2, 0.25) is 47.3 Å². The van der Waals surface area contributed by atoms with Crippen LogP contribution < -0.4 is 59.7 Å². The van der Waals surface area contributed by atoms with Crippen LogP contribution in [-0.4, -0.2) is 131 Å². The summed E-state index contributed by atoms with van der Waals surface area (Å²) >= 11 is 0. The third-order valence-electron chi connectivity index (χ3n) is 12.3. The van der Waals surface area contributed by atoms with E-state index in [1.165, 1.54) is 12.5 Å². The first-order valence-electron chi connectivity index (χ1n) is 25.2. The monoisotopic (exact) mass is 1030 g/mol. The number of primary amides is 1. The van der Waals surface area contributed by atoms with Crippen LogP contribution in [0.2, 0.25) is 0 Å². The predicted octanol–water partition coefficient (Wildman–Crippen LogP) is -0.139. The highest BCUT2D eigenvalue weighted by atomic mass is 16.2. The largest absolute Gasteiger partial charge is 0.370 e. The third kappa shape index (κ3) is 19.3. The predicted molar refractivity (Wildman–Crippen MR) is 280 cm³/mol. The lowest BCUT2D eigenvalue weighted by atomic mass is 10.0. The topological polar surface area (TPSA) is 368 Å². The second-order valence-electron chi connectivity index (χ2n) is 18.1. The highest BCUT2D eigenvalue weighted by Crippen LogP contribution is 2.20. The molecule has 2 aromatic heterocycles. The number of para-hydroxylation sites is 1. The molecule has 0 saturated heterocycles. The molecule has 8 amide bonds. The molecule has 4 aromatic rings. The summed E-state index contributed by atoms with van der Waals surface area (Å²) in [7, 11) is 1.62. The Labute approximate surface area is 431 Å². The lowest BCUT2D eigenvalue weighted by molar-refractivity contribution is -0.136. The summed E-state index contributed by atoms with van der Waals surface area (Å²) in [5.74, 6) is -5.86. The first kappa shape index (κ1) is 58.7. The third-order valence-corrected chi connectivity index (χ3v) is 12.3. The van der Waals surface area contributed by atoms with Gasteiger partial charge in [0.1, 0.15) is 36.3 Å². The van der Waals surface area contributed by atoms with Crippen LogP contribution in [0.4, 0.5) is 0 Å². The Morgan fingerprint density at radius 2 is 1.16 bits per heavy atom. The number of carbonyl (C=O) groups is 8. The molecule has 0 radical (unpaired) electrons. The van der Waals surface area contributed by atoms with E-state index in [-0.39, 0.29) is 51.0 Å². The second kappa shape index (κ2) is 30.9. The van der Waals surface area contributed by atoms with Gasteiger partial charge in [-0.2, -0.15) is 0 Å². The van der Waals surface area contributed by atoms with Crippen molar-refractivity contribution in [3.05, 3.63) is 90.1 Å². The summed E-state index contributed by atoms with van der Waals surface area (Å²) in [5.41, 5.74) is 19.3. The van der Waals surface area contributed by atoms with Crippen LogP contribution in [0, 0.1) is 0 Å². The van der Waals surface area contributed by atoms with Crippen molar-refractivity contribution >= 4 is 64.1 Å². The van der Waals surface area contributed by atoms with Crippen molar-refractivity contribution in [2.75, 3.05) is 20.1 Å². The highest BCUT2D eigenvalue weighted by Gasteiger charge is 2.35. The number of nitrogens with one attached hydrogen (secondary N) is 10. The molecular formula is C51H75N15O8. The number of aliphatic imine (C=N–C) groups is 1. The zero-order valence-corrected chi connectivity index (χ0v) is 42.8. The summed E-state index contributed by atoms with van der Waals surface area (Å²) < 4.78 is 0. The number of imidazole rings is 1. The van der Waals surface area contributed by atoms with E-state index in [9.17, 15) is 38.4 Å². The number of carbonyl (C=O) groups excluding carboxylic acids is 8. The maximum absolute atomic E-state index is 14.7. The number of hydrogen-bond acceptors (Lipinski definition) is 11. The number of rotatable bonds is 33. The molecule has 0 saturated carbocycles. The Balaban J connectivity index is 1.68. The maximum atomic E-state index is 14.7. The smallest absolute Gasteiger partial charge is 0.243 e. The lowest BCUT2D eigenvalue weighted by Gasteiger charge is -2.28. The summed E-state index contributed by atoms with van der Waals surface area (Å²) in [4.78, 5) is 125. The molecule has 74 heavy (non-hydrogen) atoms. The molecule has 0 aliphatic heterocycles. The number of hydrogen-bond donors (Lipinski definition) is 13. The highest BCUT2D eigenvalue weighted by molar-refractivity contribution is 5.98. The molecule has 4 rings (SSSR count). The van der Waals surface area contributed by atoms with Crippen molar-refractivity contribution in [2.24, 2.45) is 22.2 Å². The lowest BCUT2D eigenvalue weighted by Crippen LogP contribution is -2.61. The van der Waals surface area contributed by atoms with Gasteiger partial charge in [-0.05, 0) is 56.3 Å². The van der Waals surface area contributed by atoms with E-state index in [1.807, 2.05) is 38.1 Å². The van der Waals surface area contributed by atoms with Crippen molar-refractivity contribution in [1.29, 1.82) is 0 Å². The van der Waals surface area contributed by atoms with E-state index >= 15 is 0 Å². The van der Waals surface area contributed by atoms with E-state index in [0.29, 0.717) is 36.2 Å². The van der Waals surface area contributed by atoms with Crippen LogP contribution in [0.5, 0.6) is 0 Å². The maximum Gasteiger partial charge on any atom is 0.243 e. The summed E-state index contributed by atoms with van der Waals surface area (Å²) in [5, 5.41) is 23.0. The van der Waals surface area contributed by atoms with Crippen molar-refractivity contribution in [3.63, 3.8) is 0 Å². The molecule has 16 N–H and O–H groups in total. The van der Waals surface area contributed by atoms with Gasteiger partial charge in [0.05, 0.1) is 18.8 Å². The Hall–Kier alpha value is -7.82. The molecular weight excluding hydrogens is 951 g/mol. The molecule has 0 aliphatic rings. The number of H-pyrrole nitrogens is 2. The van der Waals surface area contributed by atoms with Gasteiger partial charge in [-0.15, -0.1) is 0 Å². The van der Waals surface area contributed by atoms with E-state index in [2.05, 4.69) is 62.5 Å². The van der Waals surface area contributed by atoms with Gasteiger partial charge in [-0.3, -0.25) is 43.3 Å². The Bertz CT molecular complexity index is 2480. The summed E-state index contributed by atoms with van der Waals surface area (Å²) in [6, 6.07) is 7.69. The summed E-state index contributed by atoms with van der Waals surface area (Å²) in [6.45, 7) is 6.06. The molecule has 7 unspecified atom stereocenters. The van der Waals surface area contributed by atoms with E-state index in [1.54, 1.807) is 50.5 Å². The summed E-state index contributed by atoms with van der Waals surface area (Å²) in [6.07, 6.45) is 7.74. The average Bonchev–Trinajstić information content (AvgIpc) is 4.06. The minimum absolute atomic E-state index is 0.0232. The molecule has 0 fully saturated rings. The average molecular weight is 1030 g/mol. The van der Waals surface area contributed by atoms with E-state index < -0.39 is 96.0 Å². The van der Waals surface area contributed by atoms with Gasteiger partial charge in [0.15, 0.2) is 5.96 Å². The Kier molecular flexibility index (Phi) is 24.5. The van der Waals surface area contributed by atoms with Gasteiger partial charge in [-0.25, -0.2) is 4.98 Å². The SMILES string of the molecule is CCCCNC(=O)CC(NC(=O)C(CCCC)NC)C(=O)NC(Cc1cnc[nH]1)C(=O)NC(Cc1ccccc1)C(=O)NC(CCCN=C(N)N)C(=O)NC(Cc1c[nH]c2ccccc12)C(=O)NC(CC)C(N)=O. The van der Waals surface area contributed by atoms with Crippen molar-refractivity contribution in [3.8, 4) is 0 Å². The molecule has 7 atom stereocenters. The van der Waals surface area contributed by atoms with E-state index in [0.717, 1.165) is 30.2 Å². The second-order valence-corrected chi connectivity index (χ2v) is 18.1. The molecule has 23 heteroatoms.